The first-order chi connectivity index (χ1) is 11.2. The number of benzene rings is 1. The summed E-state index contributed by atoms with van der Waals surface area (Å²) >= 11 is 1.62. The van der Waals surface area contributed by atoms with Crippen LogP contribution in [0.4, 0.5) is 5.13 Å². The summed E-state index contributed by atoms with van der Waals surface area (Å²) in [6.07, 6.45) is 2.35. The number of carbonyl (C=O) groups is 2. The monoisotopic (exact) mass is 329 g/mol. The van der Waals surface area contributed by atoms with Gasteiger partial charge in [0.15, 0.2) is 10.9 Å². The van der Waals surface area contributed by atoms with Crippen LogP contribution in [0.2, 0.25) is 0 Å². The van der Waals surface area contributed by atoms with Gasteiger partial charge in [0, 0.05) is 56.2 Å². The summed E-state index contributed by atoms with van der Waals surface area (Å²) < 4.78 is 0. The number of hydrogen-bond acceptors (Lipinski definition) is 5. The number of rotatable bonds is 5. The van der Waals surface area contributed by atoms with E-state index in [9.17, 15) is 9.59 Å². The molecule has 0 radical (unpaired) electrons. The average Bonchev–Trinajstić information content (AvgIpc) is 3.15. The second kappa shape index (κ2) is 7.37. The molecular weight excluding hydrogens is 310 g/mol. The molecule has 5 nitrogen and oxygen atoms in total. The van der Waals surface area contributed by atoms with Crippen molar-refractivity contribution in [1.82, 2.24) is 9.88 Å². The zero-order chi connectivity index (χ0) is 16.1. The lowest BCUT2D eigenvalue weighted by molar-refractivity contribution is -0.131. The van der Waals surface area contributed by atoms with Crippen LogP contribution in [-0.4, -0.2) is 47.8 Å². The van der Waals surface area contributed by atoms with Gasteiger partial charge in [-0.15, -0.1) is 11.3 Å². The minimum Gasteiger partial charge on any atom is -0.345 e. The highest BCUT2D eigenvalue weighted by Gasteiger charge is 2.22. The van der Waals surface area contributed by atoms with Crippen LogP contribution in [0.1, 0.15) is 23.2 Å². The molecule has 0 N–H and O–H groups in total. The quantitative estimate of drug-likeness (QED) is 0.791. The lowest BCUT2D eigenvalue weighted by atomic mass is 10.1. The first kappa shape index (κ1) is 15.7. The van der Waals surface area contributed by atoms with Crippen molar-refractivity contribution in [2.75, 3.05) is 31.1 Å². The summed E-state index contributed by atoms with van der Waals surface area (Å²) in [6, 6.07) is 9.14. The lowest BCUT2D eigenvalue weighted by Gasteiger charge is -2.34. The van der Waals surface area contributed by atoms with Crippen molar-refractivity contribution in [3.63, 3.8) is 0 Å². The zero-order valence-corrected chi connectivity index (χ0v) is 13.7. The summed E-state index contributed by atoms with van der Waals surface area (Å²) in [4.78, 5) is 32.7. The maximum atomic E-state index is 12.3. The molecule has 1 fully saturated rings. The van der Waals surface area contributed by atoms with Gasteiger partial charge in [0.1, 0.15) is 0 Å². The highest BCUT2D eigenvalue weighted by atomic mass is 32.1. The van der Waals surface area contributed by atoms with E-state index in [1.807, 2.05) is 28.5 Å². The molecular formula is C17H19N3O2S. The fraction of sp³-hybridized carbons (Fsp3) is 0.353. The Bertz CT molecular complexity index is 650. The van der Waals surface area contributed by atoms with Crippen molar-refractivity contribution >= 4 is 28.2 Å². The first-order valence-electron chi connectivity index (χ1n) is 7.74. The van der Waals surface area contributed by atoms with Gasteiger partial charge in [-0.3, -0.25) is 9.59 Å². The van der Waals surface area contributed by atoms with Crippen molar-refractivity contribution in [3.8, 4) is 0 Å². The Kier molecular flexibility index (Phi) is 5.02. The van der Waals surface area contributed by atoms with Gasteiger partial charge in [-0.1, -0.05) is 30.3 Å². The maximum Gasteiger partial charge on any atom is 0.223 e. The standard InChI is InChI=1S/C17H19N3O2S/c21-15(14-4-2-1-3-5-14)6-7-16(22)19-9-11-20(12-10-19)17-18-8-13-23-17/h1-5,8,13H,6-7,9-12H2. The molecule has 0 saturated carbocycles. The molecule has 1 aromatic heterocycles. The number of carbonyl (C=O) groups excluding carboxylic acids is 2. The van der Waals surface area contributed by atoms with Crippen LogP contribution < -0.4 is 4.90 Å². The SMILES string of the molecule is O=C(CCC(=O)N1CCN(c2nccs2)CC1)c1ccccc1. The van der Waals surface area contributed by atoms with Crippen LogP contribution in [0.3, 0.4) is 0 Å². The molecule has 1 saturated heterocycles. The van der Waals surface area contributed by atoms with E-state index in [-0.39, 0.29) is 24.5 Å². The van der Waals surface area contributed by atoms with Gasteiger partial charge in [-0.05, 0) is 0 Å². The number of ketones is 1. The van der Waals surface area contributed by atoms with E-state index >= 15 is 0 Å². The number of hydrogen-bond donors (Lipinski definition) is 0. The van der Waals surface area contributed by atoms with Crippen molar-refractivity contribution in [2.24, 2.45) is 0 Å². The van der Waals surface area contributed by atoms with Gasteiger partial charge >= 0.3 is 0 Å². The van der Waals surface area contributed by atoms with Gasteiger partial charge in [0.2, 0.25) is 5.91 Å². The number of thiazole rings is 1. The third-order valence-electron chi connectivity index (χ3n) is 3.98. The van der Waals surface area contributed by atoms with E-state index in [0.717, 1.165) is 18.2 Å². The Morgan fingerprint density at radius 3 is 2.43 bits per heavy atom. The van der Waals surface area contributed by atoms with Gasteiger partial charge in [-0.2, -0.15) is 0 Å². The highest BCUT2D eigenvalue weighted by molar-refractivity contribution is 7.13. The summed E-state index contributed by atoms with van der Waals surface area (Å²) in [7, 11) is 0. The number of piperazine rings is 1. The van der Waals surface area contributed by atoms with Crippen molar-refractivity contribution in [1.29, 1.82) is 0 Å². The minimum absolute atomic E-state index is 0.0281. The smallest absolute Gasteiger partial charge is 0.223 e. The van der Waals surface area contributed by atoms with Crippen LogP contribution in [0.15, 0.2) is 41.9 Å². The van der Waals surface area contributed by atoms with Crippen LogP contribution in [0.5, 0.6) is 0 Å². The van der Waals surface area contributed by atoms with E-state index in [1.54, 1.807) is 29.7 Å². The van der Waals surface area contributed by atoms with E-state index in [4.69, 9.17) is 0 Å². The number of aromatic nitrogens is 1. The first-order valence-corrected chi connectivity index (χ1v) is 8.62. The average molecular weight is 329 g/mol. The Morgan fingerprint density at radius 2 is 1.78 bits per heavy atom. The van der Waals surface area contributed by atoms with Crippen LogP contribution in [0, 0.1) is 0 Å². The Labute approximate surface area is 139 Å². The predicted molar refractivity (Wildman–Crippen MR) is 90.9 cm³/mol. The Hall–Kier alpha value is -2.21. The normalized spacial score (nSPS) is 14.8. The third-order valence-corrected chi connectivity index (χ3v) is 4.82. The molecule has 0 spiro atoms. The molecule has 0 atom stereocenters. The van der Waals surface area contributed by atoms with Crippen LogP contribution >= 0.6 is 11.3 Å². The van der Waals surface area contributed by atoms with Crippen molar-refractivity contribution in [2.45, 2.75) is 12.8 Å². The number of nitrogens with zero attached hydrogens (tertiary/aromatic N) is 3. The van der Waals surface area contributed by atoms with Crippen molar-refractivity contribution in [3.05, 3.63) is 47.5 Å². The molecule has 1 aliphatic rings. The van der Waals surface area contributed by atoms with Gasteiger partial charge in [-0.25, -0.2) is 4.98 Å². The number of anilines is 1. The molecule has 0 unspecified atom stereocenters. The maximum absolute atomic E-state index is 12.3. The van der Waals surface area contributed by atoms with E-state index < -0.39 is 0 Å². The largest absolute Gasteiger partial charge is 0.345 e. The molecule has 120 valence electrons. The van der Waals surface area contributed by atoms with Gasteiger partial charge < -0.3 is 9.80 Å². The van der Waals surface area contributed by atoms with Gasteiger partial charge in [0.05, 0.1) is 0 Å². The third kappa shape index (κ3) is 3.96. The zero-order valence-electron chi connectivity index (χ0n) is 12.9. The number of amides is 1. The summed E-state index contributed by atoms with van der Waals surface area (Å²) in [5.74, 6) is 0.0911. The molecule has 2 heterocycles. The molecule has 6 heteroatoms. The summed E-state index contributed by atoms with van der Waals surface area (Å²) in [6.45, 7) is 2.98. The molecule has 1 aliphatic heterocycles. The van der Waals surface area contributed by atoms with Gasteiger partial charge in [0.25, 0.3) is 0 Å². The fourth-order valence-corrected chi connectivity index (χ4v) is 3.36. The molecule has 0 aliphatic carbocycles. The topological polar surface area (TPSA) is 53.5 Å². The molecule has 2 aromatic rings. The van der Waals surface area contributed by atoms with E-state index in [1.165, 1.54) is 0 Å². The predicted octanol–water partition coefficient (Wildman–Crippen LogP) is 2.45. The number of Topliss-reactive ketones (excluding diaryl/α,β-unsaturated/α-hetero) is 1. The lowest BCUT2D eigenvalue weighted by Crippen LogP contribution is -2.48. The Morgan fingerprint density at radius 1 is 1.04 bits per heavy atom. The van der Waals surface area contributed by atoms with E-state index in [0.29, 0.717) is 18.7 Å². The minimum atomic E-state index is 0.0281. The molecule has 3 rings (SSSR count). The van der Waals surface area contributed by atoms with Crippen molar-refractivity contribution < 1.29 is 9.59 Å². The Balaban J connectivity index is 1.45. The van der Waals surface area contributed by atoms with Crippen LogP contribution in [-0.2, 0) is 4.79 Å². The van der Waals surface area contributed by atoms with E-state index in [2.05, 4.69) is 9.88 Å². The second-order valence-corrected chi connectivity index (χ2v) is 6.34. The summed E-state index contributed by atoms with van der Waals surface area (Å²) in [5, 5.41) is 2.97. The molecule has 1 aromatic carbocycles. The molecule has 0 bridgehead atoms. The van der Waals surface area contributed by atoms with Crippen LogP contribution in [0.25, 0.3) is 0 Å². The summed E-state index contributed by atoms with van der Waals surface area (Å²) in [5.41, 5.74) is 0.675. The second-order valence-electron chi connectivity index (χ2n) is 5.47. The molecule has 23 heavy (non-hydrogen) atoms. The highest BCUT2D eigenvalue weighted by Crippen LogP contribution is 2.19. The fourth-order valence-electron chi connectivity index (χ4n) is 2.67. The molecule has 1 amide bonds.